The van der Waals surface area contributed by atoms with E-state index in [4.69, 9.17) is 4.74 Å². The lowest BCUT2D eigenvalue weighted by Crippen LogP contribution is -2.33. The lowest BCUT2D eigenvalue weighted by molar-refractivity contribution is -0.0511. The van der Waals surface area contributed by atoms with Crippen LogP contribution >= 0.6 is 0 Å². The third kappa shape index (κ3) is 3.22. The molecule has 9 nitrogen and oxygen atoms in total. The van der Waals surface area contributed by atoms with Gasteiger partial charge in [0.15, 0.2) is 23.2 Å². The van der Waals surface area contributed by atoms with Gasteiger partial charge in [0.05, 0.1) is 12.9 Å². The number of ether oxygens (including phenoxy) is 1. The van der Waals surface area contributed by atoms with Crippen molar-refractivity contribution in [2.45, 2.75) is 38.0 Å². The molecule has 0 spiro atoms. The Morgan fingerprint density at radius 1 is 1.11 bits per heavy atom. The molecule has 1 aliphatic rings. The average molecular weight is 385 g/mol. The summed E-state index contributed by atoms with van der Waals surface area (Å²) < 4.78 is 7.18. The number of aromatic nitrogens is 4. The molecule has 2 aromatic heterocycles. The van der Waals surface area contributed by atoms with Crippen molar-refractivity contribution in [2.75, 3.05) is 18.1 Å². The van der Waals surface area contributed by atoms with Gasteiger partial charge in [0.1, 0.15) is 24.6 Å². The third-order valence-electron chi connectivity index (χ3n) is 5.03. The normalized spacial score (nSPS) is 24.7. The van der Waals surface area contributed by atoms with Crippen molar-refractivity contribution in [3.8, 4) is 0 Å². The lowest BCUT2D eigenvalue weighted by Gasteiger charge is -2.22. The second kappa shape index (κ2) is 7.80. The highest BCUT2D eigenvalue weighted by Crippen LogP contribution is 2.32. The molecule has 0 radical (unpaired) electrons. The second-order valence-electron chi connectivity index (χ2n) is 6.75. The van der Waals surface area contributed by atoms with E-state index in [9.17, 15) is 15.3 Å². The summed E-state index contributed by atoms with van der Waals surface area (Å²) in [5.41, 5.74) is 2.23. The Balaban J connectivity index is 1.69. The molecule has 1 fully saturated rings. The van der Waals surface area contributed by atoms with Crippen LogP contribution < -0.4 is 4.90 Å². The number of hydrogen-bond acceptors (Lipinski definition) is 8. The molecule has 3 heterocycles. The number of benzene rings is 1. The number of fused-ring (bicyclic) bond motifs is 1. The molecule has 9 heteroatoms. The second-order valence-corrected chi connectivity index (χ2v) is 6.75. The van der Waals surface area contributed by atoms with Crippen LogP contribution in [0.3, 0.4) is 0 Å². The van der Waals surface area contributed by atoms with Gasteiger partial charge in [0, 0.05) is 13.1 Å². The summed E-state index contributed by atoms with van der Waals surface area (Å²) >= 11 is 0. The molecule has 1 aromatic carbocycles. The van der Waals surface area contributed by atoms with Crippen molar-refractivity contribution in [2.24, 2.45) is 0 Å². The van der Waals surface area contributed by atoms with E-state index < -0.39 is 24.5 Å². The third-order valence-corrected chi connectivity index (χ3v) is 5.03. The average Bonchev–Trinajstić information content (AvgIpc) is 3.28. The summed E-state index contributed by atoms with van der Waals surface area (Å²) in [4.78, 5) is 15.3. The first kappa shape index (κ1) is 18.8. The highest BCUT2D eigenvalue weighted by atomic mass is 16.6. The van der Waals surface area contributed by atoms with Gasteiger partial charge in [-0.15, -0.1) is 0 Å². The highest BCUT2D eigenvalue weighted by molar-refractivity contribution is 5.83. The van der Waals surface area contributed by atoms with Crippen LogP contribution in [0.15, 0.2) is 43.0 Å². The molecule has 4 atom stereocenters. The minimum atomic E-state index is -1.19. The molecule has 3 N–H and O–H groups in total. The first-order valence-electron chi connectivity index (χ1n) is 9.23. The fourth-order valence-corrected chi connectivity index (χ4v) is 3.51. The number of imidazole rings is 1. The molecule has 1 saturated heterocycles. The maximum absolute atomic E-state index is 10.3. The van der Waals surface area contributed by atoms with Gasteiger partial charge in [-0.05, 0) is 12.5 Å². The van der Waals surface area contributed by atoms with Crippen molar-refractivity contribution in [1.82, 2.24) is 19.5 Å². The first-order chi connectivity index (χ1) is 13.6. The number of hydrogen-bond donors (Lipinski definition) is 3. The molecule has 1 unspecified atom stereocenters. The van der Waals surface area contributed by atoms with Crippen molar-refractivity contribution in [1.29, 1.82) is 0 Å². The van der Waals surface area contributed by atoms with E-state index in [-0.39, 0.29) is 6.61 Å². The van der Waals surface area contributed by atoms with Crippen LogP contribution in [0.25, 0.3) is 11.2 Å². The van der Waals surface area contributed by atoms with Crippen LogP contribution in [0.5, 0.6) is 0 Å². The Kier molecular flexibility index (Phi) is 5.23. The summed E-state index contributed by atoms with van der Waals surface area (Å²) in [5, 5.41) is 29.7. The van der Waals surface area contributed by atoms with Crippen molar-refractivity contribution in [3.63, 3.8) is 0 Å². The van der Waals surface area contributed by atoms with E-state index in [2.05, 4.69) is 32.0 Å². The fraction of sp³-hybridized carbons (Fsp3) is 0.421. The predicted molar refractivity (Wildman–Crippen MR) is 101 cm³/mol. The van der Waals surface area contributed by atoms with E-state index >= 15 is 0 Å². The zero-order chi connectivity index (χ0) is 19.7. The summed E-state index contributed by atoms with van der Waals surface area (Å²) in [6.07, 6.45) is -1.16. The molecular formula is C19H23N5O4. The molecule has 4 rings (SSSR count). The van der Waals surface area contributed by atoms with Crippen LogP contribution in [-0.2, 0) is 11.3 Å². The van der Waals surface area contributed by atoms with Crippen molar-refractivity contribution < 1.29 is 20.1 Å². The summed E-state index contributed by atoms with van der Waals surface area (Å²) in [6, 6.07) is 10.1. The van der Waals surface area contributed by atoms with E-state index in [0.717, 1.165) is 12.1 Å². The predicted octanol–water partition coefficient (Wildman–Crippen LogP) is 0.464. The van der Waals surface area contributed by atoms with Gasteiger partial charge in [0.25, 0.3) is 0 Å². The number of anilines is 1. The highest BCUT2D eigenvalue weighted by Gasteiger charge is 2.44. The van der Waals surface area contributed by atoms with Gasteiger partial charge in [-0.3, -0.25) is 4.57 Å². The number of aliphatic hydroxyl groups excluding tert-OH is 3. The molecule has 1 aliphatic heterocycles. The zero-order valence-electron chi connectivity index (χ0n) is 15.5. The molecular weight excluding hydrogens is 362 g/mol. The first-order valence-corrected chi connectivity index (χ1v) is 9.23. The lowest BCUT2D eigenvalue weighted by atomic mass is 10.1. The Labute approximate surface area is 161 Å². The number of rotatable bonds is 6. The van der Waals surface area contributed by atoms with Gasteiger partial charge in [0.2, 0.25) is 0 Å². The van der Waals surface area contributed by atoms with Crippen LogP contribution in [0.1, 0.15) is 18.7 Å². The Morgan fingerprint density at radius 3 is 2.57 bits per heavy atom. The van der Waals surface area contributed by atoms with Gasteiger partial charge < -0.3 is 25.0 Å². The van der Waals surface area contributed by atoms with Gasteiger partial charge in [-0.25, -0.2) is 15.0 Å². The maximum Gasteiger partial charge on any atom is 0.167 e. The Bertz CT molecular complexity index is 934. The van der Waals surface area contributed by atoms with Gasteiger partial charge >= 0.3 is 0 Å². The largest absolute Gasteiger partial charge is 0.394 e. The van der Waals surface area contributed by atoms with E-state index in [0.29, 0.717) is 23.5 Å². The van der Waals surface area contributed by atoms with Crippen LogP contribution in [0.2, 0.25) is 0 Å². The van der Waals surface area contributed by atoms with Crippen LogP contribution in [0.4, 0.5) is 5.82 Å². The Morgan fingerprint density at radius 2 is 1.89 bits per heavy atom. The molecule has 148 valence electrons. The zero-order valence-corrected chi connectivity index (χ0v) is 15.5. The maximum atomic E-state index is 10.3. The van der Waals surface area contributed by atoms with Gasteiger partial charge in [-0.1, -0.05) is 30.3 Å². The SMILES string of the molecule is CCN(Cc1ccccc1)c1ncnc2c1ncn2[C@@H]1O[C@H](CO)C(O)[C@@H]1O. The standard InChI is InChI=1S/C19H23N5O4/c1-2-23(8-12-6-4-3-5-7-12)17-14-18(21-10-20-17)24(11-22-14)19-16(27)15(26)13(9-25)28-19/h3-7,10-11,13,15-16,19,25-27H,2,8-9H2,1H3/t13-,15?,16+,19-/m1/s1. The van der Waals surface area contributed by atoms with Crippen molar-refractivity contribution >= 4 is 17.0 Å². The van der Waals surface area contributed by atoms with E-state index in [1.165, 1.54) is 12.7 Å². The summed E-state index contributed by atoms with van der Waals surface area (Å²) in [5.74, 6) is 0.682. The summed E-state index contributed by atoms with van der Waals surface area (Å²) in [7, 11) is 0. The molecule has 0 saturated carbocycles. The minimum absolute atomic E-state index is 0.387. The smallest absolute Gasteiger partial charge is 0.167 e. The van der Waals surface area contributed by atoms with Crippen molar-refractivity contribution in [3.05, 3.63) is 48.5 Å². The minimum Gasteiger partial charge on any atom is -0.394 e. The molecule has 3 aromatic rings. The molecule has 28 heavy (non-hydrogen) atoms. The molecule has 0 amide bonds. The fourth-order valence-electron chi connectivity index (χ4n) is 3.51. The van der Waals surface area contributed by atoms with Crippen LogP contribution in [-0.4, -0.2) is 66.3 Å². The number of aliphatic hydroxyl groups is 3. The van der Waals surface area contributed by atoms with E-state index in [1.54, 1.807) is 4.57 Å². The molecule has 0 aliphatic carbocycles. The van der Waals surface area contributed by atoms with Gasteiger partial charge in [-0.2, -0.15) is 0 Å². The summed E-state index contributed by atoms with van der Waals surface area (Å²) in [6.45, 7) is 3.05. The van der Waals surface area contributed by atoms with Crippen LogP contribution in [0, 0.1) is 0 Å². The topological polar surface area (TPSA) is 117 Å². The van der Waals surface area contributed by atoms with E-state index in [1.807, 2.05) is 25.1 Å². The molecule has 0 bridgehead atoms. The number of nitrogens with zero attached hydrogens (tertiary/aromatic N) is 5. The Hall–Kier alpha value is -2.59. The monoisotopic (exact) mass is 385 g/mol. The quantitative estimate of drug-likeness (QED) is 0.560.